The molecule has 0 saturated heterocycles. The molecule has 0 aliphatic carbocycles. The van der Waals surface area contributed by atoms with Gasteiger partial charge in [0.2, 0.25) is 0 Å². The lowest BCUT2D eigenvalue weighted by Gasteiger charge is -1.75. The summed E-state index contributed by atoms with van der Waals surface area (Å²) in [6.45, 7) is 0. The molecular formula is C3H4N2OS. The third kappa shape index (κ3) is 0.928. The highest BCUT2D eigenvalue weighted by molar-refractivity contribution is 7.98. The molecule has 1 N–H and O–H groups in total. The van der Waals surface area contributed by atoms with Gasteiger partial charge in [-0.15, -0.1) is 0 Å². The zero-order valence-electron chi connectivity index (χ0n) is 3.55. The lowest BCUT2D eigenvalue weighted by molar-refractivity contribution is -0.102. The Hall–Kier alpha value is -0.510. The zero-order valence-corrected chi connectivity index (χ0v) is 4.36. The SMILES string of the molecule is O=CC1=NNSC1. The molecular weight excluding hydrogens is 112 g/mol. The second-order valence-corrected chi connectivity index (χ2v) is 1.86. The molecule has 0 aromatic carbocycles. The fraction of sp³-hybridized carbons (Fsp3) is 0.333. The largest absolute Gasteiger partial charge is 0.296 e. The van der Waals surface area contributed by atoms with Crippen molar-refractivity contribution in [3.63, 3.8) is 0 Å². The van der Waals surface area contributed by atoms with Crippen LogP contribution in [0.4, 0.5) is 0 Å². The van der Waals surface area contributed by atoms with E-state index in [-0.39, 0.29) is 0 Å². The van der Waals surface area contributed by atoms with Crippen molar-refractivity contribution in [2.45, 2.75) is 0 Å². The van der Waals surface area contributed by atoms with E-state index in [1.54, 1.807) is 0 Å². The second-order valence-electron chi connectivity index (χ2n) is 1.10. The number of nitrogens with zero attached hydrogens (tertiary/aromatic N) is 1. The van der Waals surface area contributed by atoms with E-state index in [0.717, 1.165) is 6.29 Å². The van der Waals surface area contributed by atoms with Crippen LogP contribution in [0.15, 0.2) is 5.10 Å². The highest BCUT2D eigenvalue weighted by atomic mass is 32.2. The Morgan fingerprint density at radius 2 is 2.86 bits per heavy atom. The van der Waals surface area contributed by atoms with Crippen molar-refractivity contribution in [1.29, 1.82) is 0 Å². The van der Waals surface area contributed by atoms with Crippen molar-refractivity contribution in [1.82, 2.24) is 4.83 Å². The molecule has 0 saturated carbocycles. The maximum absolute atomic E-state index is 9.82. The minimum absolute atomic E-state index is 0.588. The lowest BCUT2D eigenvalue weighted by atomic mass is 10.5. The van der Waals surface area contributed by atoms with E-state index in [4.69, 9.17) is 0 Å². The molecule has 0 fully saturated rings. The number of hydrazone groups is 1. The molecule has 4 heteroatoms. The van der Waals surface area contributed by atoms with E-state index in [9.17, 15) is 4.79 Å². The van der Waals surface area contributed by atoms with Crippen LogP contribution in [0, 0.1) is 0 Å². The smallest absolute Gasteiger partial charge is 0.167 e. The van der Waals surface area contributed by atoms with Gasteiger partial charge in [0.1, 0.15) is 5.71 Å². The van der Waals surface area contributed by atoms with Crippen LogP contribution in [0.2, 0.25) is 0 Å². The van der Waals surface area contributed by atoms with Gasteiger partial charge < -0.3 is 0 Å². The number of nitrogens with one attached hydrogen (secondary N) is 1. The Balaban J connectivity index is 2.51. The monoisotopic (exact) mass is 116 g/mol. The summed E-state index contributed by atoms with van der Waals surface area (Å²) in [5.74, 6) is 0.698. The second kappa shape index (κ2) is 1.97. The van der Waals surface area contributed by atoms with E-state index >= 15 is 0 Å². The predicted octanol–water partition coefficient (Wildman–Crippen LogP) is -0.207. The molecule has 0 bridgehead atoms. The molecule has 3 nitrogen and oxygen atoms in total. The van der Waals surface area contributed by atoms with Crippen LogP contribution in [-0.4, -0.2) is 17.8 Å². The van der Waals surface area contributed by atoms with Crippen LogP contribution in [0.3, 0.4) is 0 Å². The third-order valence-electron chi connectivity index (χ3n) is 0.610. The van der Waals surface area contributed by atoms with Gasteiger partial charge in [-0.05, 0) is 11.9 Å². The Kier molecular flexibility index (Phi) is 1.31. The van der Waals surface area contributed by atoms with Crippen LogP contribution in [0.25, 0.3) is 0 Å². The molecule has 7 heavy (non-hydrogen) atoms. The number of aldehydes is 1. The molecule has 0 spiro atoms. The normalized spacial score (nSPS) is 18.0. The summed E-state index contributed by atoms with van der Waals surface area (Å²) in [6.07, 6.45) is 0.757. The van der Waals surface area contributed by atoms with E-state index in [1.807, 2.05) is 0 Å². The van der Waals surface area contributed by atoms with Crippen LogP contribution in [0.5, 0.6) is 0 Å². The van der Waals surface area contributed by atoms with Gasteiger partial charge in [-0.3, -0.25) is 9.63 Å². The van der Waals surface area contributed by atoms with Crippen LogP contribution in [-0.2, 0) is 4.79 Å². The van der Waals surface area contributed by atoms with E-state index in [0.29, 0.717) is 11.5 Å². The van der Waals surface area contributed by atoms with Gasteiger partial charge in [-0.1, -0.05) is 0 Å². The number of hydrogen-bond acceptors (Lipinski definition) is 4. The molecule has 1 heterocycles. The first-order valence-corrected chi connectivity index (χ1v) is 2.80. The number of carbonyl (C=O) groups excluding carboxylic acids is 1. The van der Waals surface area contributed by atoms with Gasteiger partial charge in [-0.2, -0.15) is 5.10 Å². The molecule has 0 atom stereocenters. The first kappa shape index (κ1) is 4.64. The van der Waals surface area contributed by atoms with Crippen molar-refractivity contribution < 1.29 is 4.79 Å². The summed E-state index contributed by atoms with van der Waals surface area (Å²) in [5.41, 5.74) is 0.588. The maximum Gasteiger partial charge on any atom is 0.167 e. The Morgan fingerprint density at radius 1 is 2.00 bits per heavy atom. The Bertz CT molecular complexity index is 112. The zero-order chi connectivity index (χ0) is 5.11. The average molecular weight is 116 g/mol. The van der Waals surface area contributed by atoms with Crippen LogP contribution < -0.4 is 4.83 Å². The highest BCUT2D eigenvalue weighted by Gasteiger charge is 2.02. The third-order valence-corrected chi connectivity index (χ3v) is 1.27. The number of carbonyl (C=O) groups is 1. The highest BCUT2D eigenvalue weighted by Crippen LogP contribution is 1.99. The molecule has 0 aromatic heterocycles. The molecule has 0 aromatic rings. The predicted molar refractivity (Wildman–Crippen MR) is 29.1 cm³/mol. The molecule has 0 radical (unpaired) electrons. The molecule has 1 aliphatic heterocycles. The molecule has 0 amide bonds. The summed E-state index contributed by atoms with van der Waals surface area (Å²) in [6, 6.07) is 0. The first-order chi connectivity index (χ1) is 3.43. The number of rotatable bonds is 1. The fourth-order valence-electron chi connectivity index (χ4n) is 0.290. The van der Waals surface area contributed by atoms with E-state index in [1.165, 1.54) is 11.9 Å². The molecule has 1 aliphatic rings. The lowest BCUT2D eigenvalue weighted by Crippen LogP contribution is -1.96. The summed E-state index contributed by atoms with van der Waals surface area (Å²) in [5, 5.41) is 3.62. The minimum atomic E-state index is 0.588. The van der Waals surface area contributed by atoms with Gasteiger partial charge in [0.25, 0.3) is 0 Å². The summed E-state index contributed by atoms with van der Waals surface area (Å²) < 4.78 is 0. The van der Waals surface area contributed by atoms with Gasteiger partial charge in [0.05, 0.1) is 5.75 Å². The summed E-state index contributed by atoms with van der Waals surface area (Å²) >= 11 is 1.42. The van der Waals surface area contributed by atoms with Crippen LogP contribution >= 0.6 is 11.9 Å². The molecule has 0 unspecified atom stereocenters. The molecule has 38 valence electrons. The van der Waals surface area contributed by atoms with Gasteiger partial charge in [-0.25, -0.2) is 0 Å². The van der Waals surface area contributed by atoms with Crippen molar-refractivity contribution in [3.8, 4) is 0 Å². The van der Waals surface area contributed by atoms with Gasteiger partial charge in [0, 0.05) is 0 Å². The summed E-state index contributed by atoms with van der Waals surface area (Å²) in [4.78, 5) is 12.4. The van der Waals surface area contributed by atoms with E-state index < -0.39 is 0 Å². The van der Waals surface area contributed by atoms with Crippen molar-refractivity contribution in [2.75, 3.05) is 5.75 Å². The maximum atomic E-state index is 9.82. The minimum Gasteiger partial charge on any atom is -0.296 e. The fourth-order valence-corrected chi connectivity index (χ4v) is 0.817. The van der Waals surface area contributed by atoms with Crippen LogP contribution in [0.1, 0.15) is 0 Å². The van der Waals surface area contributed by atoms with Crippen molar-refractivity contribution in [3.05, 3.63) is 0 Å². The average Bonchev–Trinajstić information content (AvgIpc) is 2.14. The van der Waals surface area contributed by atoms with Gasteiger partial charge >= 0.3 is 0 Å². The first-order valence-electron chi connectivity index (χ1n) is 1.82. The van der Waals surface area contributed by atoms with Gasteiger partial charge in [0.15, 0.2) is 6.29 Å². The summed E-state index contributed by atoms with van der Waals surface area (Å²) in [7, 11) is 0. The quantitative estimate of drug-likeness (QED) is 0.381. The topological polar surface area (TPSA) is 41.5 Å². The number of hydrogen-bond donors (Lipinski definition) is 1. The van der Waals surface area contributed by atoms with Crippen molar-refractivity contribution >= 4 is 23.9 Å². The van der Waals surface area contributed by atoms with Crippen molar-refractivity contribution in [2.24, 2.45) is 5.10 Å². The Morgan fingerprint density at radius 3 is 3.14 bits per heavy atom. The van der Waals surface area contributed by atoms with E-state index in [2.05, 4.69) is 9.93 Å². The Labute approximate surface area is 45.3 Å². The molecule has 1 rings (SSSR count). The standard InChI is InChI=1S/C3H4N2OS/c6-1-3-2-7-5-4-3/h1,5H,2H2.